The zero-order valence-corrected chi connectivity index (χ0v) is 10.8. The third-order valence-corrected chi connectivity index (χ3v) is 3.20. The van der Waals surface area contributed by atoms with Crippen LogP contribution in [0.4, 0.5) is 14.9 Å². The summed E-state index contributed by atoms with van der Waals surface area (Å²) in [6, 6.07) is 6.04. The quantitative estimate of drug-likeness (QED) is 0.881. The van der Waals surface area contributed by atoms with E-state index in [0.29, 0.717) is 18.3 Å². The van der Waals surface area contributed by atoms with E-state index >= 15 is 0 Å². The van der Waals surface area contributed by atoms with Gasteiger partial charge in [-0.15, -0.1) is 0 Å². The highest BCUT2D eigenvalue weighted by molar-refractivity contribution is 5.84. The van der Waals surface area contributed by atoms with Crippen LogP contribution in [0.2, 0.25) is 0 Å². The Balaban J connectivity index is 1.65. The Hall–Kier alpha value is -1.62. The van der Waals surface area contributed by atoms with Crippen molar-refractivity contribution >= 4 is 11.8 Å². The molecule has 1 unspecified atom stereocenters. The van der Waals surface area contributed by atoms with Crippen LogP contribution in [0.3, 0.4) is 0 Å². The molecule has 0 radical (unpaired) electrons. The number of benzene rings is 1. The number of piperidine rings is 1. The average Bonchev–Trinajstić information content (AvgIpc) is 2.43. The molecule has 1 heterocycles. The minimum atomic E-state index is -0.498. The normalized spacial score (nSPS) is 18.9. The first-order valence-corrected chi connectivity index (χ1v) is 6.67. The van der Waals surface area contributed by atoms with E-state index < -0.39 is 6.09 Å². The molecule has 1 aromatic rings. The molecule has 104 valence electrons. The molecular weight excluding hydrogens is 247 g/mol. The number of hydrogen-bond acceptors (Lipinski definition) is 3. The van der Waals surface area contributed by atoms with E-state index in [1.165, 1.54) is 37.1 Å². The second kappa shape index (κ2) is 7.09. The third-order valence-electron chi connectivity index (χ3n) is 3.20. The van der Waals surface area contributed by atoms with Crippen LogP contribution in [0.15, 0.2) is 24.3 Å². The molecule has 1 aliphatic rings. The first-order valence-electron chi connectivity index (χ1n) is 6.67. The van der Waals surface area contributed by atoms with Crippen LogP contribution >= 0.6 is 0 Å². The second-order valence-corrected chi connectivity index (χ2v) is 4.70. The molecule has 19 heavy (non-hydrogen) atoms. The van der Waals surface area contributed by atoms with Crippen LogP contribution in [0.1, 0.15) is 25.7 Å². The van der Waals surface area contributed by atoms with Gasteiger partial charge in [-0.25, -0.2) is 9.18 Å². The molecule has 1 aromatic carbocycles. The lowest BCUT2D eigenvalue weighted by Crippen LogP contribution is -2.35. The summed E-state index contributed by atoms with van der Waals surface area (Å²) in [6.45, 7) is 1.44. The largest absolute Gasteiger partial charge is 0.449 e. The van der Waals surface area contributed by atoms with Gasteiger partial charge in [-0.3, -0.25) is 5.32 Å². The Kier molecular flexibility index (Phi) is 5.15. The minimum absolute atomic E-state index is 0.331. The van der Waals surface area contributed by atoms with Gasteiger partial charge in [0, 0.05) is 11.7 Å². The summed E-state index contributed by atoms with van der Waals surface area (Å²) >= 11 is 0. The fraction of sp³-hybridized carbons (Fsp3) is 0.500. The van der Waals surface area contributed by atoms with Gasteiger partial charge in [-0.1, -0.05) is 6.42 Å². The summed E-state index contributed by atoms with van der Waals surface area (Å²) in [7, 11) is 0. The Labute approximate surface area is 112 Å². The van der Waals surface area contributed by atoms with Gasteiger partial charge in [0.15, 0.2) is 0 Å². The molecule has 1 saturated heterocycles. The van der Waals surface area contributed by atoms with Crippen molar-refractivity contribution in [2.24, 2.45) is 0 Å². The predicted octanol–water partition coefficient (Wildman–Crippen LogP) is 2.91. The van der Waals surface area contributed by atoms with Crippen molar-refractivity contribution in [3.63, 3.8) is 0 Å². The monoisotopic (exact) mass is 266 g/mol. The summed E-state index contributed by atoms with van der Waals surface area (Å²) in [6.07, 6.45) is 3.93. The van der Waals surface area contributed by atoms with Crippen molar-refractivity contribution in [3.8, 4) is 0 Å². The lowest BCUT2D eigenvalue weighted by atomic mass is 10.0. The highest BCUT2D eigenvalue weighted by Gasteiger charge is 2.13. The summed E-state index contributed by atoms with van der Waals surface area (Å²) in [4.78, 5) is 11.5. The van der Waals surface area contributed by atoms with Gasteiger partial charge in [-0.05, 0) is 50.1 Å². The molecule has 1 atom stereocenters. The Morgan fingerprint density at radius 2 is 2.16 bits per heavy atom. The van der Waals surface area contributed by atoms with Crippen LogP contribution in [-0.2, 0) is 4.74 Å². The van der Waals surface area contributed by atoms with Crippen LogP contribution in [-0.4, -0.2) is 25.3 Å². The van der Waals surface area contributed by atoms with Gasteiger partial charge in [-0.2, -0.15) is 0 Å². The first kappa shape index (κ1) is 13.8. The van der Waals surface area contributed by atoms with Crippen molar-refractivity contribution in [1.82, 2.24) is 5.32 Å². The SMILES string of the molecule is O=C(Nc1ccc(F)cc1)OCCC1CCCCN1. The minimum Gasteiger partial charge on any atom is -0.449 e. The maximum absolute atomic E-state index is 12.7. The van der Waals surface area contributed by atoms with E-state index in [1.807, 2.05) is 0 Å². The van der Waals surface area contributed by atoms with Crippen molar-refractivity contribution in [2.75, 3.05) is 18.5 Å². The van der Waals surface area contributed by atoms with Crippen molar-refractivity contribution in [1.29, 1.82) is 0 Å². The number of carbonyl (C=O) groups is 1. The van der Waals surface area contributed by atoms with Gasteiger partial charge in [0.2, 0.25) is 0 Å². The van der Waals surface area contributed by atoms with Gasteiger partial charge in [0.05, 0.1) is 6.61 Å². The number of halogens is 1. The molecule has 1 fully saturated rings. The Morgan fingerprint density at radius 3 is 2.84 bits per heavy atom. The average molecular weight is 266 g/mol. The maximum atomic E-state index is 12.7. The Bertz CT molecular complexity index is 402. The van der Waals surface area contributed by atoms with E-state index in [2.05, 4.69) is 10.6 Å². The van der Waals surface area contributed by atoms with Crippen LogP contribution < -0.4 is 10.6 Å². The highest BCUT2D eigenvalue weighted by Crippen LogP contribution is 2.11. The van der Waals surface area contributed by atoms with Crippen molar-refractivity contribution < 1.29 is 13.9 Å². The van der Waals surface area contributed by atoms with E-state index in [9.17, 15) is 9.18 Å². The van der Waals surface area contributed by atoms with E-state index in [1.54, 1.807) is 0 Å². The smallest absolute Gasteiger partial charge is 0.411 e. The number of carbonyl (C=O) groups excluding carboxylic acids is 1. The van der Waals surface area contributed by atoms with Gasteiger partial charge >= 0.3 is 6.09 Å². The first-order chi connectivity index (χ1) is 9.24. The number of nitrogens with one attached hydrogen (secondary N) is 2. The molecule has 0 bridgehead atoms. The van der Waals surface area contributed by atoms with E-state index in [4.69, 9.17) is 4.74 Å². The summed E-state index contributed by atoms with van der Waals surface area (Å²) in [5.41, 5.74) is 0.530. The number of ether oxygens (including phenoxy) is 1. The zero-order valence-electron chi connectivity index (χ0n) is 10.8. The molecule has 0 spiro atoms. The van der Waals surface area contributed by atoms with Gasteiger partial charge in [0.25, 0.3) is 0 Å². The summed E-state index contributed by atoms with van der Waals surface area (Å²) in [5, 5.41) is 5.95. The third kappa shape index (κ3) is 4.87. The van der Waals surface area contributed by atoms with Crippen LogP contribution in [0, 0.1) is 5.82 Å². The van der Waals surface area contributed by atoms with E-state index in [0.717, 1.165) is 19.4 Å². The Morgan fingerprint density at radius 1 is 1.37 bits per heavy atom. The molecule has 4 nitrogen and oxygen atoms in total. The predicted molar refractivity (Wildman–Crippen MR) is 71.6 cm³/mol. The van der Waals surface area contributed by atoms with Crippen LogP contribution in [0.5, 0.6) is 0 Å². The van der Waals surface area contributed by atoms with Gasteiger partial charge in [0.1, 0.15) is 5.82 Å². The second-order valence-electron chi connectivity index (χ2n) is 4.70. The lowest BCUT2D eigenvalue weighted by molar-refractivity contribution is 0.153. The highest BCUT2D eigenvalue weighted by atomic mass is 19.1. The number of anilines is 1. The molecular formula is C14H19FN2O2. The fourth-order valence-electron chi connectivity index (χ4n) is 2.15. The number of hydrogen-bond donors (Lipinski definition) is 2. The number of amides is 1. The van der Waals surface area contributed by atoms with Crippen molar-refractivity contribution in [2.45, 2.75) is 31.7 Å². The molecule has 0 saturated carbocycles. The van der Waals surface area contributed by atoms with Crippen molar-refractivity contribution in [3.05, 3.63) is 30.1 Å². The lowest BCUT2D eigenvalue weighted by Gasteiger charge is -2.23. The topological polar surface area (TPSA) is 50.4 Å². The fourth-order valence-corrected chi connectivity index (χ4v) is 2.15. The maximum Gasteiger partial charge on any atom is 0.411 e. The number of rotatable bonds is 4. The molecule has 0 aliphatic carbocycles. The van der Waals surface area contributed by atoms with Gasteiger partial charge < -0.3 is 10.1 Å². The molecule has 1 amide bonds. The summed E-state index contributed by atoms with van der Waals surface area (Å²) in [5.74, 6) is -0.331. The molecule has 5 heteroatoms. The molecule has 2 N–H and O–H groups in total. The zero-order chi connectivity index (χ0) is 13.5. The molecule has 0 aromatic heterocycles. The summed E-state index contributed by atoms with van der Waals surface area (Å²) < 4.78 is 17.8. The van der Waals surface area contributed by atoms with E-state index in [-0.39, 0.29) is 5.82 Å². The molecule has 1 aliphatic heterocycles. The standard InChI is InChI=1S/C14H19FN2O2/c15-11-4-6-13(7-5-11)17-14(18)19-10-8-12-3-1-2-9-16-12/h4-7,12,16H,1-3,8-10H2,(H,17,18). The van der Waals surface area contributed by atoms with Crippen LogP contribution in [0.25, 0.3) is 0 Å². The molecule has 2 rings (SSSR count).